The van der Waals surface area contributed by atoms with E-state index in [0.29, 0.717) is 11.1 Å². The fraction of sp³-hybridized carbons (Fsp3) is 0.211. The first-order valence-electron chi connectivity index (χ1n) is 7.56. The first kappa shape index (κ1) is 15.3. The first-order chi connectivity index (χ1) is 11.0. The Labute approximate surface area is 134 Å². The molecular formula is C19H19FN2O. The van der Waals surface area contributed by atoms with Gasteiger partial charge in [-0.2, -0.15) is 0 Å². The minimum Gasteiger partial charge on any atom is -0.348 e. The lowest BCUT2D eigenvalue weighted by Gasteiger charge is -2.07. The molecule has 0 radical (unpaired) electrons. The highest BCUT2D eigenvalue weighted by Gasteiger charge is 2.12. The standard InChI is InChI=1S/C19H19FN2O/c1-12-13(2)22(3)18-9-8-14(10-16(12)18)19(23)21-11-15-6-4-5-7-17(15)20/h4-10H,11H2,1-3H3,(H,21,23). The van der Waals surface area contributed by atoms with Gasteiger partial charge >= 0.3 is 0 Å². The van der Waals surface area contributed by atoms with Crippen molar-refractivity contribution in [3.8, 4) is 0 Å². The molecule has 1 heterocycles. The molecular weight excluding hydrogens is 291 g/mol. The number of fused-ring (bicyclic) bond motifs is 1. The van der Waals surface area contributed by atoms with E-state index in [-0.39, 0.29) is 18.3 Å². The molecule has 0 atom stereocenters. The lowest BCUT2D eigenvalue weighted by atomic mass is 10.1. The van der Waals surface area contributed by atoms with Gasteiger partial charge in [-0.1, -0.05) is 18.2 Å². The molecule has 118 valence electrons. The highest BCUT2D eigenvalue weighted by Crippen LogP contribution is 2.25. The summed E-state index contributed by atoms with van der Waals surface area (Å²) in [5.74, 6) is -0.506. The lowest BCUT2D eigenvalue weighted by molar-refractivity contribution is 0.0950. The van der Waals surface area contributed by atoms with Crippen molar-refractivity contribution in [2.24, 2.45) is 7.05 Å². The van der Waals surface area contributed by atoms with Gasteiger partial charge in [-0.25, -0.2) is 4.39 Å². The number of carbonyl (C=O) groups is 1. The highest BCUT2D eigenvalue weighted by molar-refractivity contribution is 5.99. The van der Waals surface area contributed by atoms with Crippen LogP contribution < -0.4 is 5.32 Å². The van der Waals surface area contributed by atoms with Crippen molar-refractivity contribution in [1.82, 2.24) is 9.88 Å². The molecule has 0 unspecified atom stereocenters. The summed E-state index contributed by atoms with van der Waals surface area (Å²) in [6, 6.07) is 12.1. The number of hydrogen-bond donors (Lipinski definition) is 1. The van der Waals surface area contributed by atoms with E-state index in [4.69, 9.17) is 0 Å². The van der Waals surface area contributed by atoms with Crippen LogP contribution >= 0.6 is 0 Å². The van der Waals surface area contributed by atoms with E-state index < -0.39 is 0 Å². The van der Waals surface area contributed by atoms with Crippen molar-refractivity contribution in [3.63, 3.8) is 0 Å². The van der Waals surface area contributed by atoms with Crippen LogP contribution in [-0.4, -0.2) is 10.5 Å². The molecule has 1 aromatic heterocycles. The second kappa shape index (κ2) is 5.88. The maximum Gasteiger partial charge on any atom is 0.251 e. The van der Waals surface area contributed by atoms with Crippen LogP contribution in [-0.2, 0) is 13.6 Å². The molecule has 0 saturated heterocycles. The van der Waals surface area contributed by atoms with Crippen molar-refractivity contribution in [2.45, 2.75) is 20.4 Å². The third kappa shape index (κ3) is 2.72. The Hall–Kier alpha value is -2.62. The van der Waals surface area contributed by atoms with Crippen LogP contribution in [0.25, 0.3) is 10.9 Å². The minimum absolute atomic E-state index is 0.177. The van der Waals surface area contributed by atoms with Gasteiger partial charge in [0.05, 0.1) is 0 Å². The topological polar surface area (TPSA) is 34.0 Å². The Morgan fingerprint density at radius 2 is 1.91 bits per heavy atom. The molecule has 23 heavy (non-hydrogen) atoms. The highest BCUT2D eigenvalue weighted by atomic mass is 19.1. The van der Waals surface area contributed by atoms with Gasteiger partial charge < -0.3 is 9.88 Å². The van der Waals surface area contributed by atoms with E-state index in [1.807, 2.05) is 19.2 Å². The van der Waals surface area contributed by atoms with Gasteiger partial charge in [0.1, 0.15) is 5.82 Å². The van der Waals surface area contributed by atoms with Gasteiger partial charge in [0, 0.05) is 41.3 Å². The molecule has 3 nitrogen and oxygen atoms in total. The number of amides is 1. The fourth-order valence-corrected chi connectivity index (χ4v) is 2.82. The van der Waals surface area contributed by atoms with E-state index >= 15 is 0 Å². The SMILES string of the molecule is Cc1c(C)n(C)c2ccc(C(=O)NCc3ccccc3F)cc12. The van der Waals surface area contributed by atoms with Crippen LogP contribution in [0.1, 0.15) is 27.2 Å². The van der Waals surface area contributed by atoms with E-state index in [2.05, 4.69) is 23.7 Å². The Balaban J connectivity index is 1.84. The molecule has 0 spiro atoms. The second-order valence-electron chi connectivity index (χ2n) is 5.78. The summed E-state index contributed by atoms with van der Waals surface area (Å²) in [6.45, 7) is 4.29. The zero-order valence-electron chi connectivity index (χ0n) is 13.5. The molecule has 3 aromatic rings. The van der Waals surface area contributed by atoms with Crippen LogP contribution in [0, 0.1) is 19.7 Å². The van der Waals surface area contributed by atoms with E-state index in [1.54, 1.807) is 24.3 Å². The normalized spacial score (nSPS) is 11.0. The van der Waals surface area contributed by atoms with Crippen molar-refractivity contribution < 1.29 is 9.18 Å². The Bertz CT molecular complexity index is 896. The van der Waals surface area contributed by atoms with E-state index in [9.17, 15) is 9.18 Å². The predicted molar refractivity (Wildman–Crippen MR) is 90.0 cm³/mol. The Kier molecular flexibility index (Phi) is 3.90. The van der Waals surface area contributed by atoms with Gasteiger partial charge in [-0.15, -0.1) is 0 Å². The second-order valence-corrected chi connectivity index (χ2v) is 5.78. The summed E-state index contributed by atoms with van der Waals surface area (Å²) in [7, 11) is 2.02. The summed E-state index contributed by atoms with van der Waals surface area (Å²) < 4.78 is 15.7. The molecule has 0 aliphatic carbocycles. The number of benzene rings is 2. The van der Waals surface area contributed by atoms with Gasteiger partial charge in [-0.3, -0.25) is 4.79 Å². The third-order valence-corrected chi connectivity index (χ3v) is 4.47. The van der Waals surface area contributed by atoms with Gasteiger partial charge in [0.15, 0.2) is 0 Å². The number of hydrogen-bond acceptors (Lipinski definition) is 1. The third-order valence-electron chi connectivity index (χ3n) is 4.47. The Morgan fingerprint density at radius 1 is 1.17 bits per heavy atom. The van der Waals surface area contributed by atoms with E-state index in [0.717, 1.165) is 10.9 Å². The van der Waals surface area contributed by atoms with Crippen LogP contribution in [0.4, 0.5) is 4.39 Å². The molecule has 2 aromatic carbocycles. The molecule has 0 aliphatic rings. The molecule has 3 rings (SSSR count). The molecule has 0 bridgehead atoms. The maximum absolute atomic E-state index is 13.6. The minimum atomic E-state index is -0.308. The van der Waals surface area contributed by atoms with Crippen molar-refractivity contribution >= 4 is 16.8 Å². The maximum atomic E-state index is 13.6. The molecule has 0 aliphatic heterocycles. The average Bonchev–Trinajstić information content (AvgIpc) is 2.78. The first-order valence-corrected chi connectivity index (χ1v) is 7.56. The number of nitrogens with zero attached hydrogens (tertiary/aromatic N) is 1. The Morgan fingerprint density at radius 3 is 2.65 bits per heavy atom. The van der Waals surface area contributed by atoms with Crippen LogP contribution in [0.2, 0.25) is 0 Å². The lowest BCUT2D eigenvalue weighted by Crippen LogP contribution is -2.23. The van der Waals surface area contributed by atoms with Crippen LogP contribution in [0.3, 0.4) is 0 Å². The average molecular weight is 310 g/mol. The summed E-state index contributed by atoms with van der Waals surface area (Å²) in [5, 5.41) is 3.85. The van der Waals surface area contributed by atoms with Crippen molar-refractivity contribution in [2.75, 3.05) is 0 Å². The quantitative estimate of drug-likeness (QED) is 0.783. The van der Waals surface area contributed by atoms with Crippen LogP contribution in [0.5, 0.6) is 0 Å². The molecule has 4 heteroatoms. The predicted octanol–water partition coefficient (Wildman–Crippen LogP) is 3.86. The van der Waals surface area contributed by atoms with Crippen molar-refractivity contribution in [1.29, 1.82) is 0 Å². The number of aromatic nitrogens is 1. The van der Waals surface area contributed by atoms with Crippen LogP contribution in [0.15, 0.2) is 42.5 Å². The number of aryl methyl sites for hydroxylation is 2. The van der Waals surface area contributed by atoms with Gasteiger partial charge in [0.2, 0.25) is 0 Å². The summed E-state index contributed by atoms with van der Waals surface area (Å²) >= 11 is 0. The smallest absolute Gasteiger partial charge is 0.251 e. The monoisotopic (exact) mass is 310 g/mol. The number of carbonyl (C=O) groups excluding carboxylic acids is 1. The summed E-state index contributed by atoms with van der Waals surface area (Å²) in [5.41, 5.74) is 4.53. The zero-order chi connectivity index (χ0) is 16.6. The molecule has 0 fully saturated rings. The number of halogens is 1. The summed E-state index contributed by atoms with van der Waals surface area (Å²) in [6.07, 6.45) is 0. The number of rotatable bonds is 3. The van der Waals surface area contributed by atoms with Gasteiger partial charge in [0.25, 0.3) is 5.91 Å². The molecule has 1 N–H and O–H groups in total. The fourth-order valence-electron chi connectivity index (χ4n) is 2.82. The summed E-state index contributed by atoms with van der Waals surface area (Å²) in [4.78, 5) is 12.3. The molecule has 1 amide bonds. The zero-order valence-corrected chi connectivity index (χ0v) is 13.5. The molecule has 0 saturated carbocycles. The number of nitrogens with one attached hydrogen (secondary N) is 1. The van der Waals surface area contributed by atoms with E-state index in [1.165, 1.54) is 17.3 Å². The van der Waals surface area contributed by atoms with Gasteiger partial charge in [-0.05, 0) is 43.7 Å². The van der Waals surface area contributed by atoms with Crippen molar-refractivity contribution in [3.05, 3.63) is 70.7 Å². The largest absolute Gasteiger partial charge is 0.348 e.